The van der Waals surface area contributed by atoms with Gasteiger partial charge in [0.2, 0.25) is 0 Å². The van der Waals surface area contributed by atoms with E-state index in [1.54, 1.807) is 43.0 Å². The lowest BCUT2D eigenvalue weighted by atomic mass is 10.2. The molecule has 1 aliphatic rings. The van der Waals surface area contributed by atoms with E-state index in [4.69, 9.17) is 9.57 Å². The summed E-state index contributed by atoms with van der Waals surface area (Å²) in [4.78, 5) is 31.3. The first-order chi connectivity index (χ1) is 12.7. The molecule has 3 rings (SSSR count). The van der Waals surface area contributed by atoms with E-state index in [2.05, 4.69) is 0 Å². The Morgan fingerprint density at radius 3 is 2.38 bits per heavy atom. The van der Waals surface area contributed by atoms with Gasteiger partial charge in [0.25, 0.3) is 0 Å². The Balaban J connectivity index is 1.70. The second kappa shape index (κ2) is 8.87. The van der Waals surface area contributed by atoms with Crippen molar-refractivity contribution >= 4 is 23.7 Å². The third-order valence-electron chi connectivity index (χ3n) is 4.03. The van der Waals surface area contributed by atoms with Crippen LogP contribution in [0.5, 0.6) is 0 Å². The lowest BCUT2D eigenvalue weighted by Gasteiger charge is -2.21. The highest BCUT2D eigenvalue weighted by atomic mass is 32.2. The maximum absolute atomic E-state index is 12.4. The molecule has 0 spiro atoms. The van der Waals surface area contributed by atoms with Crippen molar-refractivity contribution < 1.29 is 19.2 Å². The summed E-state index contributed by atoms with van der Waals surface area (Å²) in [7, 11) is 0. The zero-order valence-electron chi connectivity index (χ0n) is 14.5. The van der Waals surface area contributed by atoms with Gasteiger partial charge in [0.1, 0.15) is 6.04 Å². The van der Waals surface area contributed by atoms with Gasteiger partial charge in [-0.1, -0.05) is 36.4 Å². The summed E-state index contributed by atoms with van der Waals surface area (Å²) < 4.78 is 5.16. The quantitative estimate of drug-likeness (QED) is 0.724. The second-order valence-electron chi connectivity index (χ2n) is 5.90. The standard InChI is InChI=1S/C20H21NO4S/c1-2-24-20(23)18-13-17(26-16-11-7-4-8-12-16)14-21(18)25-19(22)15-9-5-3-6-10-15/h3-12,17-18H,2,13-14H2,1H3/t17?,18-/m0/s1. The number of nitrogens with zero attached hydrogens (tertiary/aromatic N) is 1. The third kappa shape index (κ3) is 4.65. The van der Waals surface area contributed by atoms with Gasteiger partial charge in [-0.25, -0.2) is 4.79 Å². The number of hydrogen-bond donors (Lipinski definition) is 0. The van der Waals surface area contributed by atoms with Crippen molar-refractivity contribution in [3.05, 3.63) is 66.2 Å². The van der Waals surface area contributed by atoms with Gasteiger partial charge in [0.05, 0.1) is 12.2 Å². The summed E-state index contributed by atoms with van der Waals surface area (Å²) in [5.41, 5.74) is 0.453. The zero-order chi connectivity index (χ0) is 18.4. The number of hydrogen-bond acceptors (Lipinski definition) is 6. The number of esters is 1. The van der Waals surface area contributed by atoms with E-state index in [0.29, 0.717) is 25.1 Å². The lowest BCUT2D eigenvalue weighted by molar-refractivity contribution is -0.168. The molecule has 1 heterocycles. The molecular weight excluding hydrogens is 350 g/mol. The molecule has 2 aromatic rings. The van der Waals surface area contributed by atoms with Crippen LogP contribution in [-0.4, -0.2) is 41.4 Å². The molecule has 26 heavy (non-hydrogen) atoms. The molecule has 2 atom stereocenters. The maximum Gasteiger partial charge on any atom is 0.357 e. The van der Waals surface area contributed by atoms with Crippen LogP contribution in [0.3, 0.4) is 0 Å². The van der Waals surface area contributed by atoms with Crippen LogP contribution in [0.25, 0.3) is 0 Å². The van der Waals surface area contributed by atoms with Gasteiger partial charge in [0.15, 0.2) is 0 Å². The minimum Gasteiger partial charge on any atom is -0.465 e. The molecule has 0 aliphatic carbocycles. The molecular formula is C20H21NO4S. The molecule has 1 saturated heterocycles. The number of rotatable bonds is 6. The fourth-order valence-electron chi connectivity index (χ4n) is 2.83. The van der Waals surface area contributed by atoms with Gasteiger partial charge in [-0.2, -0.15) is 0 Å². The van der Waals surface area contributed by atoms with Crippen LogP contribution < -0.4 is 0 Å². The van der Waals surface area contributed by atoms with E-state index >= 15 is 0 Å². The van der Waals surface area contributed by atoms with Crippen molar-refractivity contribution in [3.63, 3.8) is 0 Å². The summed E-state index contributed by atoms with van der Waals surface area (Å²) in [6.45, 7) is 2.54. The Morgan fingerprint density at radius 2 is 1.73 bits per heavy atom. The minimum absolute atomic E-state index is 0.135. The smallest absolute Gasteiger partial charge is 0.357 e. The molecule has 0 radical (unpaired) electrons. The number of ether oxygens (including phenoxy) is 1. The number of carbonyl (C=O) groups excluding carboxylic acids is 2. The predicted octanol–water partition coefficient (Wildman–Crippen LogP) is 3.56. The van der Waals surface area contributed by atoms with Crippen LogP contribution >= 0.6 is 11.8 Å². The Kier molecular flexibility index (Phi) is 6.30. The molecule has 0 bridgehead atoms. The van der Waals surface area contributed by atoms with Gasteiger partial charge in [-0.15, -0.1) is 16.8 Å². The molecule has 0 saturated carbocycles. The SMILES string of the molecule is CCOC(=O)[C@@H]1CC(Sc2ccccc2)CN1OC(=O)c1ccccc1. The largest absolute Gasteiger partial charge is 0.465 e. The van der Waals surface area contributed by atoms with Crippen molar-refractivity contribution in [1.29, 1.82) is 0 Å². The molecule has 1 fully saturated rings. The summed E-state index contributed by atoms with van der Waals surface area (Å²) in [6, 6.07) is 18.2. The first-order valence-corrected chi connectivity index (χ1v) is 9.47. The van der Waals surface area contributed by atoms with E-state index < -0.39 is 12.0 Å². The van der Waals surface area contributed by atoms with Crippen LogP contribution in [-0.2, 0) is 14.4 Å². The summed E-state index contributed by atoms with van der Waals surface area (Å²) in [5, 5.41) is 1.60. The monoisotopic (exact) mass is 371 g/mol. The molecule has 2 aromatic carbocycles. The lowest BCUT2D eigenvalue weighted by Crippen LogP contribution is -2.38. The minimum atomic E-state index is -0.580. The van der Waals surface area contributed by atoms with Crippen LogP contribution in [0, 0.1) is 0 Å². The van der Waals surface area contributed by atoms with Crippen LogP contribution in [0.4, 0.5) is 0 Å². The van der Waals surface area contributed by atoms with Crippen LogP contribution in [0.2, 0.25) is 0 Å². The van der Waals surface area contributed by atoms with Crippen molar-refractivity contribution in [2.45, 2.75) is 29.5 Å². The average molecular weight is 371 g/mol. The van der Waals surface area contributed by atoms with Crippen molar-refractivity contribution in [1.82, 2.24) is 5.06 Å². The normalized spacial score (nSPS) is 19.9. The number of thioether (sulfide) groups is 1. The zero-order valence-corrected chi connectivity index (χ0v) is 15.4. The Morgan fingerprint density at radius 1 is 1.08 bits per heavy atom. The van der Waals surface area contributed by atoms with E-state index in [1.807, 2.05) is 36.4 Å². The van der Waals surface area contributed by atoms with Crippen molar-refractivity contribution in [2.24, 2.45) is 0 Å². The fraction of sp³-hybridized carbons (Fsp3) is 0.300. The molecule has 1 unspecified atom stereocenters. The van der Waals surface area contributed by atoms with Crippen molar-refractivity contribution in [3.8, 4) is 0 Å². The average Bonchev–Trinajstić information content (AvgIpc) is 3.05. The fourth-order valence-corrected chi connectivity index (χ4v) is 4.03. The molecule has 0 amide bonds. The van der Waals surface area contributed by atoms with Crippen LogP contribution in [0.1, 0.15) is 23.7 Å². The third-order valence-corrected chi connectivity index (χ3v) is 5.25. The van der Waals surface area contributed by atoms with Gasteiger partial charge in [0, 0.05) is 16.7 Å². The number of carbonyl (C=O) groups is 2. The van der Waals surface area contributed by atoms with Gasteiger partial charge < -0.3 is 9.57 Å². The maximum atomic E-state index is 12.4. The molecule has 1 aliphatic heterocycles. The molecule has 136 valence electrons. The van der Waals surface area contributed by atoms with Gasteiger partial charge in [-0.3, -0.25) is 4.79 Å². The van der Waals surface area contributed by atoms with E-state index in [-0.39, 0.29) is 11.2 Å². The molecule has 0 N–H and O–H groups in total. The van der Waals surface area contributed by atoms with Gasteiger partial charge >= 0.3 is 11.9 Å². The van der Waals surface area contributed by atoms with Crippen molar-refractivity contribution in [2.75, 3.05) is 13.2 Å². The first kappa shape index (κ1) is 18.5. The van der Waals surface area contributed by atoms with Crippen LogP contribution in [0.15, 0.2) is 65.6 Å². The highest BCUT2D eigenvalue weighted by molar-refractivity contribution is 8.00. The van der Waals surface area contributed by atoms with E-state index in [1.165, 1.54) is 5.06 Å². The summed E-state index contributed by atoms with van der Waals surface area (Å²) >= 11 is 1.68. The molecule has 6 heteroatoms. The molecule has 0 aromatic heterocycles. The Bertz CT molecular complexity index is 738. The molecule has 5 nitrogen and oxygen atoms in total. The predicted molar refractivity (Wildman–Crippen MR) is 99.7 cm³/mol. The first-order valence-electron chi connectivity index (χ1n) is 8.59. The highest BCUT2D eigenvalue weighted by Gasteiger charge is 2.41. The van der Waals surface area contributed by atoms with E-state index in [0.717, 1.165) is 4.90 Å². The summed E-state index contributed by atoms with van der Waals surface area (Å²) in [6.07, 6.45) is 0.570. The Labute approximate surface area is 157 Å². The number of hydroxylamine groups is 2. The van der Waals surface area contributed by atoms with E-state index in [9.17, 15) is 9.59 Å². The highest BCUT2D eigenvalue weighted by Crippen LogP contribution is 2.33. The summed E-state index contributed by atoms with van der Waals surface area (Å²) in [5.74, 6) is -0.824. The van der Waals surface area contributed by atoms with Gasteiger partial charge in [-0.05, 0) is 37.6 Å². The Hall–Kier alpha value is -2.31. The number of benzene rings is 2. The second-order valence-corrected chi connectivity index (χ2v) is 7.27. The topological polar surface area (TPSA) is 55.8 Å².